The molecule has 4 aromatic rings. The Morgan fingerprint density at radius 3 is 2.61 bits per heavy atom. The van der Waals surface area contributed by atoms with E-state index in [2.05, 4.69) is 60.1 Å². The number of hydrogen-bond acceptors (Lipinski definition) is 8. The van der Waals surface area contributed by atoms with E-state index in [0.29, 0.717) is 17.6 Å². The second-order valence-electron chi connectivity index (χ2n) is 10.9. The molecule has 0 atom stereocenters. The van der Waals surface area contributed by atoms with Crippen molar-refractivity contribution in [2.24, 2.45) is 5.92 Å². The van der Waals surface area contributed by atoms with Crippen LogP contribution in [0.5, 0.6) is 5.75 Å². The molecule has 2 aliphatic rings. The van der Waals surface area contributed by atoms with Gasteiger partial charge < -0.3 is 15.3 Å². The zero-order valence-corrected chi connectivity index (χ0v) is 22.0. The van der Waals surface area contributed by atoms with Crippen LogP contribution < -0.4 is 10.2 Å². The maximum atomic E-state index is 10.8. The molecule has 0 amide bonds. The monoisotopic (exact) mass is 512 g/mol. The molecule has 1 saturated carbocycles. The highest BCUT2D eigenvalue weighted by Crippen LogP contribution is 2.42. The van der Waals surface area contributed by atoms with Gasteiger partial charge in [0.05, 0.1) is 5.52 Å². The average Bonchev–Trinajstić information content (AvgIpc) is 3.65. The fraction of sp³-hybridized carbons (Fsp3) is 0.483. The molecular formula is C29H36N8O. The summed E-state index contributed by atoms with van der Waals surface area (Å²) >= 11 is 0. The highest BCUT2D eigenvalue weighted by atomic mass is 16.3. The molecule has 3 N–H and O–H groups in total. The number of aryl methyl sites for hydroxylation is 2. The second-order valence-corrected chi connectivity index (χ2v) is 10.9. The van der Waals surface area contributed by atoms with Crippen LogP contribution in [-0.2, 0) is 6.42 Å². The zero-order valence-electron chi connectivity index (χ0n) is 22.0. The number of phenols is 1. The predicted molar refractivity (Wildman–Crippen MR) is 149 cm³/mol. The highest BCUT2D eigenvalue weighted by molar-refractivity contribution is 5.88. The number of fused-ring (bicyclic) bond motifs is 1. The summed E-state index contributed by atoms with van der Waals surface area (Å²) in [6.07, 6.45) is 12.2. The molecule has 1 aliphatic heterocycles. The number of phenolic OH excluding ortho intramolecular Hbond substituents is 1. The minimum Gasteiger partial charge on any atom is -0.508 e. The molecule has 1 saturated heterocycles. The molecular weight excluding hydrogens is 476 g/mol. The number of nitrogens with one attached hydrogen (secondary N) is 2. The number of piperidine rings is 1. The van der Waals surface area contributed by atoms with Crippen molar-refractivity contribution in [1.29, 1.82) is 0 Å². The Hall–Kier alpha value is -3.75. The van der Waals surface area contributed by atoms with Crippen LogP contribution in [0, 0.1) is 12.8 Å². The number of nitrogens with zero attached hydrogens (tertiary/aromatic N) is 6. The Morgan fingerprint density at radius 1 is 1.08 bits per heavy atom. The lowest BCUT2D eigenvalue weighted by Crippen LogP contribution is -2.33. The average molecular weight is 513 g/mol. The Kier molecular flexibility index (Phi) is 7.07. The summed E-state index contributed by atoms with van der Waals surface area (Å²) in [5.41, 5.74) is 5.09. The third-order valence-electron chi connectivity index (χ3n) is 8.37. The van der Waals surface area contributed by atoms with Crippen molar-refractivity contribution in [3.8, 4) is 5.75 Å². The number of aromatic amines is 1. The van der Waals surface area contributed by atoms with E-state index in [1.807, 2.05) is 19.2 Å². The fourth-order valence-corrected chi connectivity index (χ4v) is 6.24. The van der Waals surface area contributed by atoms with Gasteiger partial charge in [0.25, 0.3) is 0 Å². The first-order valence-corrected chi connectivity index (χ1v) is 14.0. The van der Waals surface area contributed by atoms with Gasteiger partial charge in [-0.15, -0.1) is 10.2 Å². The number of rotatable bonds is 8. The lowest BCUT2D eigenvalue weighted by atomic mass is 9.91. The van der Waals surface area contributed by atoms with Crippen molar-refractivity contribution in [3.05, 3.63) is 53.5 Å². The fourth-order valence-electron chi connectivity index (χ4n) is 6.24. The first-order chi connectivity index (χ1) is 18.6. The van der Waals surface area contributed by atoms with Crippen molar-refractivity contribution >= 4 is 28.2 Å². The van der Waals surface area contributed by atoms with Crippen LogP contribution in [0.4, 0.5) is 17.3 Å². The zero-order chi connectivity index (χ0) is 25.9. The van der Waals surface area contributed by atoms with Gasteiger partial charge in [0, 0.05) is 48.0 Å². The molecule has 0 unspecified atom stereocenters. The van der Waals surface area contributed by atoms with Crippen LogP contribution in [0.2, 0.25) is 0 Å². The van der Waals surface area contributed by atoms with Crippen molar-refractivity contribution in [2.75, 3.05) is 23.3 Å². The molecule has 6 rings (SSSR count). The first-order valence-electron chi connectivity index (χ1n) is 14.0. The molecule has 38 heavy (non-hydrogen) atoms. The quantitative estimate of drug-likeness (QED) is 0.271. The maximum Gasteiger partial charge on any atom is 0.227 e. The highest BCUT2D eigenvalue weighted by Gasteiger charge is 2.24. The Bertz CT molecular complexity index is 1360. The lowest BCUT2D eigenvalue weighted by molar-refractivity contribution is 0.372. The summed E-state index contributed by atoms with van der Waals surface area (Å²) in [6.45, 7) is 4.18. The van der Waals surface area contributed by atoms with E-state index in [-0.39, 0.29) is 0 Å². The third-order valence-corrected chi connectivity index (χ3v) is 8.37. The minimum absolute atomic E-state index is 0.367. The smallest absolute Gasteiger partial charge is 0.227 e. The van der Waals surface area contributed by atoms with E-state index in [1.165, 1.54) is 37.8 Å². The van der Waals surface area contributed by atoms with Crippen LogP contribution in [-0.4, -0.2) is 48.8 Å². The SMILES string of the molecule is Cc1cc(O)c(C2CCCC2)c2nc(Nc3ccc(N4CCC(CCCc5nn[nH]n5)CC4)cc3)ncc12. The first kappa shape index (κ1) is 24.6. The predicted octanol–water partition coefficient (Wildman–Crippen LogP) is 5.80. The van der Waals surface area contributed by atoms with Gasteiger partial charge in [-0.3, -0.25) is 0 Å². The van der Waals surface area contributed by atoms with Gasteiger partial charge in [0.2, 0.25) is 5.95 Å². The summed E-state index contributed by atoms with van der Waals surface area (Å²) in [4.78, 5) is 12.0. The van der Waals surface area contributed by atoms with Gasteiger partial charge in [-0.1, -0.05) is 18.1 Å². The van der Waals surface area contributed by atoms with Crippen molar-refractivity contribution in [3.63, 3.8) is 0 Å². The number of H-pyrrole nitrogens is 1. The second kappa shape index (κ2) is 10.9. The van der Waals surface area contributed by atoms with E-state index in [1.54, 1.807) is 0 Å². The number of aromatic nitrogens is 6. The lowest BCUT2D eigenvalue weighted by Gasteiger charge is -2.33. The number of tetrazole rings is 1. The molecule has 0 spiro atoms. The van der Waals surface area contributed by atoms with Crippen LogP contribution in [0.25, 0.3) is 10.9 Å². The van der Waals surface area contributed by atoms with E-state index in [4.69, 9.17) is 4.98 Å². The summed E-state index contributed by atoms with van der Waals surface area (Å²) < 4.78 is 0. The van der Waals surface area contributed by atoms with Gasteiger partial charge in [-0.05, 0) is 93.2 Å². The maximum absolute atomic E-state index is 10.8. The topological polar surface area (TPSA) is 116 Å². The third kappa shape index (κ3) is 5.28. The normalized spacial score (nSPS) is 16.9. The van der Waals surface area contributed by atoms with Crippen molar-refractivity contribution in [2.45, 2.75) is 70.6 Å². The Labute approximate surface area is 223 Å². The number of benzene rings is 2. The molecule has 9 nitrogen and oxygen atoms in total. The number of anilines is 3. The molecule has 1 aliphatic carbocycles. The summed E-state index contributed by atoms with van der Waals surface area (Å²) in [7, 11) is 0. The molecule has 9 heteroatoms. The Morgan fingerprint density at radius 2 is 1.87 bits per heavy atom. The van der Waals surface area contributed by atoms with Crippen molar-refractivity contribution in [1.82, 2.24) is 30.6 Å². The van der Waals surface area contributed by atoms with Gasteiger partial charge >= 0.3 is 0 Å². The largest absolute Gasteiger partial charge is 0.508 e. The molecule has 0 radical (unpaired) electrons. The summed E-state index contributed by atoms with van der Waals surface area (Å²) in [6, 6.07) is 10.4. The molecule has 0 bridgehead atoms. The van der Waals surface area contributed by atoms with Gasteiger partial charge in [-0.25, -0.2) is 9.97 Å². The summed E-state index contributed by atoms with van der Waals surface area (Å²) in [5, 5.41) is 29.4. The van der Waals surface area contributed by atoms with Gasteiger partial charge in [-0.2, -0.15) is 5.21 Å². The van der Waals surface area contributed by atoms with Crippen LogP contribution in [0.15, 0.2) is 36.5 Å². The molecule has 2 fully saturated rings. The summed E-state index contributed by atoms with van der Waals surface area (Å²) in [5.74, 6) is 2.88. The van der Waals surface area contributed by atoms with Crippen LogP contribution in [0.3, 0.4) is 0 Å². The molecule has 2 aromatic carbocycles. The number of hydrogen-bond donors (Lipinski definition) is 3. The van der Waals surface area contributed by atoms with E-state index < -0.39 is 0 Å². The Balaban J connectivity index is 1.09. The van der Waals surface area contributed by atoms with Gasteiger partial charge in [0.15, 0.2) is 5.82 Å². The minimum atomic E-state index is 0.367. The van der Waals surface area contributed by atoms with Gasteiger partial charge in [0.1, 0.15) is 5.75 Å². The van der Waals surface area contributed by atoms with Crippen molar-refractivity contribution < 1.29 is 5.11 Å². The standard InChI is InChI=1S/C29H36N8O/c1-19-17-25(38)27(21-6-2-3-7-21)28-24(19)18-30-29(32-28)31-22-9-11-23(12-10-22)37-15-13-20(14-16-37)5-4-8-26-33-35-36-34-26/h9-12,17-18,20-21,38H,2-8,13-16H2,1H3,(H,30,31,32)(H,33,34,35,36). The van der Waals surface area contributed by atoms with E-state index >= 15 is 0 Å². The van der Waals surface area contributed by atoms with Crippen LogP contribution in [0.1, 0.15) is 74.2 Å². The molecule has 2 aromatic heterocycles. The van der Waals surface area contributed by atoms with Crippen LogP contribution >= 0.6 is 0 Å². The number of aromatic hydroxyl groups is 1. The van der Waals surface area contributed by atoms with E-state index in [9.17, 15) is 5.11 Å². The molecule has 198 valence electrons. The van der Waals surface area contributed by atoms with E-state index in [0.717, 1.165) is 78.2 Å². The molecule has 3 heterocycles.